The highest BCUT2D eigenvalue weighted by Crippen LogP contribution is 2.21. The fraction of sp³-hybridized carbons (Fsp3) is 0.467. The Labute approximate surface area is 117 Å². The van der Waals surface area contributed by atoms with Gasteiger partial charge in [0.2, 0.25) is 0 Å². The molecule has 0 bridgehead atoms. The molecule has 0 fully saturated rings. The van der Waals surface area contributed by atoms with Crippen LogP contribution < -0.4 is 4.74 Å². The van der Waals surface area contributed by atoms with Gasteiger partial charge in [0.15, 0.2) is 12.4 Å². The van der Waals surface area contributed by atoms with Gasteiger partial charge in [0.1, 0.15) is 17.2 Å². The summed E-state index contributed by atoms with van der Waals surface area (Å²) in [6, 6.07) is 3.62. The minimum atomic E-state index is -0.606. The smallest absolute Gasteiger partial charge is 0.344 e. The zero-order chi connectivity index (χ0) is 15.3. The standard InChI is InChI=1S/C15H19FO4/c1-5-12(17)11-8-10(16)6-7-13(11)19-9-14(18)20-15(2,3)4/h6-8H,5,9H2,1-4H3. The van der Waals surface area contributed by atoms with Crippen LogP contribution in [0.2, 0.25) is 0 Å². The average Bonchev–Trinajstić information content (AvgIpc) is 2.34. The molecule has 0 atom stereocenters. The Morgan fingerprint density at radius 3 is 2.45 bits per heavy atom. The summed E-state index contributed by atoms with van der Waals surface area (Å²) in [6.07, 6.45) is 0.228. The van der Waals surface area contributed by atoms with E-state index in [2.05, 4.69) is 0 Å². The SMILES string of the molecule is CCC(=O)c1cc(F)ccc1OCC(=O)OC(C)(C)C. The fourth-order valence-electron chi connectivity index (χ4n) is 1.54. The number of halogens is 1. The quantitative estimate of drug-likeness (QED) is 0.615. The lowest BCUT2D eigenvalue weighted by Crippen LogP contribution is -2.27. The van der Waals surface area contributed by atoms with Crippen LogP contribution >= 0.6 is 0 Å². The van der Waals surface area contributed by atoms with Crippen LogP contribution in [0.15, 0.2) is 18.2 Å². The number of rotatable bonds is 5. The van der Waals surface area contributed by atoms with Gasteiger partial charge in [-0.25, -0.2) is 9.18 Å². The van der Waals surface area contributed by atoms with Crippen molar-refractivity contribution in [1.29, 1.82) is 0 Å². The third kappa shape index (κ3) is 4.99. The summed E-state index contributed by atoms with van der Waals surface area (Å²) in [5.74, 6) is -1.13. The molecule has 0 spiro atoms. The predicted octanol–water partition coefficient (Wildman–Crippen LogP) is 3.14. The molecular weight excluding hydrogens is 263 g/mol. The fourth-order valence-corrected chi connectivity index (χ4v) is 1.54. The molecule has 0 aliphatic carbocycles. The van der Waals surface area contributed by atoms with E-state index in [0.717, 1.165) is 6.07 Å². The maximum absolute atomic E-state index is 13.2. The van der Waals surface area contributed by atoms with E-state index in [0.29, 0.717) is 0 Å². The molecule has 0 radical (unpaired) electrons. The largest absolute Gasteiger partial charge is 0.481 e. The van der Waals surface area contributed by atoms with Crippen molar-refractivity contribution >= 4 is 11.8 Å². The van der Waals surface area contributed by atoms with E-state index >= 15 is 0 Å². The summed E-state index contributed by atoms with van der Waals surface area (Å²) in [4.78, 5) is 23.2. The van der Waals surface area contributed by atoms with Crippen LogP contribution in [0.5, 0.6) is 5.75 Å². The molecule has 0 aliphatic rings. The van der Waals surface area contributed by atoms with Crippen molar-refractivity contribution in [2.45, 2.75) is 39.7 Å². The summed E-state index contributed by atoms with van der Waals surface area (Å²) < 4.78 is 23.5. The number of Topliss-reactive ketones (excluding diaryl/α,β-unsaturated/α-hetero) is 1. The van der Waals surface area contributed by atoms with Crippen LogP contribution in [0.1, 0.15) is 44.5 Å². The first-order valence-corrected chi connectivity index (χ1v) is 6.40. The molecule has 4 nitrogen and oxygen atoms in total. The van der Waals surface area contributed by atoms with Crippen molar-refractivity contribution in [3.63, 3.8) is 0 Å². The van der Waals surface area contributed by atoms with E-state index in [1.165, 1.54) is 12.1 Å². The van der Waals surface area contributed by atoms with E-state index in [9.17, 15) is 14.0 Å². The number of benzene rings is 1. The minimum Gasteiger partial charge on any atom is -0.481 e. The average molecular weight is 282 g/mol. The molecule has 0 heterocycles. The van der Waals surface area contributed by atoms with E-state index in [1.54, 1.807) is 27.7 Å². The summed E-state index contributed by atoms with van der Waals surface area (Å²) in [6.45, 7) is 6.58. The van der Waals surface area contributed by atoms with Crippen LogP contribution in [-0.2, 0) is 9.53 Å². The number of hydrogen-bond acceptors (Lipinski definition) is 4. The molecular formula is C15H19FO4. The van der Waals surface area contributed by atoms with Gasteiger partial charge in [-0.3, -0.25) is 4.79 Å². The molecule has 0 saturated carbocycles. The summed E-state index contributed by atoms with van der Waals surface area (Å²) in [5, 5.41) is 0. The van der Waals surface area contributed by atoms with Gasteiger partial charge in [0, 0.05) is 6.42 Å². The molecule has 0 aliphatic heterocycles. The molecule has 5 heteroatoms. The zero-order valence-corrected chi connectivity index (χ0v) is 12.2. The van der Waals surface area contributed by atoms with E-state index in [1.807, 2.05) is 0 Å². The van der Waals surface area contributed by atoms with E-state index < -0.39 is 17.4 Å². The highest BCUT2D eigenvalue weighted by Gasteiger charge is 2.18. The molecule has 0 unspecified atom stereocenters. The third-order valence-electron chi connectivity index (χ3n) is 2.33. The highest BCUT2D eigenvalue weighted by molar-refractivity contribution is 5.98. The van der Waals surface area contributed by atoms with Gasteiger partial charge in [-0.1, -0.05) is 6.92 Å². The Bertz CT molecular complexity index is 503. The number of hydrogen-bond donors (Lipinski definition) is 0. The number of carbonyl (C=O) groups is 2. The lowest BCUT2D eigenvalue weighted by Gasteiger charge is -2.19. The molecule has 1 aromatic carbocycles. The number of ketones is 1. The summed E-state index contributed by atoms with van der Waals surface area (Å²) in [7, 11) is 0. The number of carbonyl (C=O) groups excluding carboxylic acids is 2. The maximum Gasteiger partial charge on any atom is 0.344 e. The normalized spacial score (nSPS) is 11.1. The second kappa shape index (κ2) is 6.50. The van der Waals surface area contributed by atoms with E-state index in [-0.39, 0.29) is 30.1 Å². The Hall–Kier alpha value is -1.91. The number of esters is 1. The molecule has 0 aromatic heterocycles. The van der Waals surface area contributed by atoms with Crippen molar-refractivity contribution in [2.24, 2.45) is 0 Å². The van der Waals surface area contributed by atoms with Crippen molar-refractivity contribution < 1.29 is 23.5 Å². The van der Waals surface area contributed by atoms with Crippen molar-refractivity contribution in [3.05, 3.63) is 29.6 Å². The summed E-state index contributed by atoms with van der Waals surface area (Å²) in [5.41, 5.74) is -0.471. The van der Waals surface area contributed by atoms with Crippen molar-refractivity contribution in [1.82, 2.24) is 0 Å². The molecule has 0 saturated heterocycles. The lowest BCUT2D eigenvalue weighted by atomic mass is 10.1. The van der Waals surface area contributed by atoms with Crippen molar-refractivity contribution in [2.75, 3.05) is 6.61 Å². The predicted molar refractivity (Wildman–Crippen MR) is 72.4 cm³/mol. The second-order valence-electron chi connectivity index (χ2n) is 5.29. The van der Waals surface area contributed by atoms with Crippen LogP contribution in [0.3, 0.4) is 0 Å². The van der Waals surface area contributed by atoms with E-state index in [4.69, 9.17) is 9.47 Å². The highest BCUT2D eigenvalue weighted by atomic mass is 19.1. The Morgan fingerprint density at radius 2 is 1.90 bits per heavy atom. The van der Waals surface area contributed by atoms with Crippen molar-refractivity contribution in [3.8, 4) is 5.75 Å². The van der Waals surface area contributed by atoms with Gasteiger partial charge < -0.3 is 9.47 Å². The molecule has 1 aromatic rings. The first kappa shape index (κ1) is 16.1. The molecule has 20 heavy (non-hydrogen) atoms. The van der Waals surface area contributed by atoms with Gasteiger partial charge in [0.25, 0.3) is 0 Å². The third-order valence-corrected chi connectivity index (χ3v) is 2.33. The Kier molecular flexibility index (Phi) is 5.25. The monoisotopic (exact) mass is 282 g/mol. The van der Waals surface area contributed by atoms with Crippen LogP contribution in [0.4, 0.5) is 4.39 Å². The van der Waals surface area contributed by atoms with Crippen LogP contribution in [0.25, 0.3) is 0 Å². The number of ether oxygens (including phenoxy) is 2. The summed E-state index contributed by atoms with van der Waals surface area (Å²) >= 11 is 0. The Morgan fingerprint density at radius 1 is 1.25 bits per heavy atom. The van der Waals surface area contributed by atoms with Gasteiger partial charge >= 0.3 is 5.97 Å². The van der Waals surface area contributed by atoms with Gasteiger partial charge in [-0.2, -0.15) is 0 Å². The molecule has 1 rings (SSSR count). The molecule has 0 N–H and O–H groups in total. The molecule has 110 valence electrons. The second-order valence-corrected chi connectivity index (χ2v) is 5.29. The first-order chi connectivity index (χ1) is 9.23. The van der Waals surface area contributed by atoms with Gasteiger partial charge in [-0.05, 0) is 39.0 Å². The lowest BCUT2D eigenvalue weighted by molar-refractivity contribution is -0.157. The zero-order valence-electron chi connectivity index (χ0n) is 12.2. The molecule has 0 amide bonds. The van der Waals surface area contributed by atoms with Gasteiger partial charge in [0.05, 0.1) is 5.56 Å². The van der Waals surface area contributed by atoms with Crippen LogP contribution in [0, 0.1) is 5.82 Å². The first-order valence-electron chi connectivity index (χ1n) is 6.40. The topological polar surface area (TPSA) is 52.6 Å². The maximum atomic E-state index is 13.2. The van der Waals surface area contributed by atoms with Crippen LogP contribution in [-0.4, -0.2) is 24.0 Å². The van der Waals surface area contributed by atoms with Gasteiger partial charge in [-0.15, -0.1) is 0 Å². The minimum absolute atomic E-state index is 0.135. The Balaban J connectivity index is 2.78.